The van der Waals surface area contributed by atoms with Crippen molar-refractivity contribution in [1.29, 1.82) is 0 Å². The normalized spacial score (nSPS) is 12.0. The van der Waals surface area contributed by atoms with Crippen molar-refractivity contribution in [1.82, 2.24) is 0 Å². The lowest BCUT2D eigenvalue weighted by molar-refractivity contribution is 0.331. The molecule has 0 aliphatic carbocycles. The Bertz CT molecular complexity index is 942. The first-order valence-electron chi connectivity index (χ1n) is 6.71. The van der Waals surface area contributed by atoms with Gasteiger partial charge in [-0.15, -0.1) is 0 Å². The average molecular weight is 435 g/mol. The molecule has 0 bridgehead atoms. The SMILES string of the molecule is CCOc1ccc(Br)cc1S(=O)(=O)Nc1ccc(S(N)(=O)=O)cc1. The standard InChI is InChI=1S/C14H15BrN2O5S2/c1-2-22-13-8-3-10(15)9-14(13)24(20,21)17-11-4-6-12(7-5-11)23(16,18)19/h3-9,17H,2H2,1H3,(H2,16,18,19). The highest BCUT2D eigenvalue weighted by atomic mass is 79.9. The zero-order chi connectivity index (χ0) is 18.0. The molecule has 0 aliphatic rings. The van der Waals surface area contributed by atoms with Crippen LogP contribution in [-0.4, -0.2) is 23.4 Å². The van der Waals surface area contributed by atoms with Gasteiger partial charge in [0.05, 0.1) is 11.5 Å². The van der Waals surface area contributed by atoms with Crippen molar-refractivity contribution in [3.63, 3.8) is 0 Å². The largest absolute Gasteiger partial charge is 0.492 e. The first-order chi connectivity index (χ1) is 11.1. The lowest BCUT2D eigenvalue weighted by Crippen LogP contribution is -2.15. The third-order valence-electron chi connectivity index (χ3n) is 2.93. The number of sulfonamides is 2. The van der Waals surface area contributed by atoms with E-state index in [4.69, 9.17) is 9.88 Å². The molecule has 0 heterocycles. The zero-order valence-corrected chi connectivity index (χ0v) is 15.8. The van der Waals surface area contributed by atoms with Gasteiger partial charge in [0.15, 0.2) is 0 Å². The van der Waals surface area contributed by atoms with Crippen LogP contribution in [0.4, 0.5) is 5.69 Å². The quantitative estimate of drug-likeness (QED) is 0.723. The van der Waals surface area contributed by atoms with E-state index < -0.39 is 20.0 Å². The van der Waals surface area contributed by atoms with Crippen molar-refractivity contribution in [2.24, 2.45) is 5.14 Å². The van der Waals surface area contributed by atoms with Gasteiger partial charge >= 0.3 is 0 Å². The number of nitrogens with two attached hydrogens (primary N) is 1. The number of nitrogens with one attached hydrogen (secondary N) is 1. The van der Waals surface area contributed by atoms with Crippen LogP contribution in [0, 0.1) is 0 Å². The zero-order valence-electron chi connectivity index (χ0n) is 12.6. The summed E-state index contributed by atoms with van der Waals surface area (Å²) in [6, 6.07) is 9.71. The van der Waals surface area contributed by atoms with Gasteiger partial charge in [-0.1, -0.05) is 15.9 Å². The number of halogens is 1. The maximum atomic E-state index is 12.6. The Balaban J connectivity index is 2.37. The summed E-state index contributed by atoms with van der Waals surface area (Å²) in [4.78, 5) is -0.142. The molecule has 7 nitrogen and oxygen atoms in total. The van der Waals surface area contributed by atoms with Crippen molar-refractivity contribution in [3.05, 3.63) is 46.9 Å². The first kappa shape index (κ1) is 18.7. The molecule has 0 unspecified atom stereocenters. The third-order valence-corrected chi connectivity index (χ3v) is 5.76. The van der Waals surface area contributed by atoms with Crippen LogP contribution >= 0.6 is 15.9 Å². The fraction of sp³-hybridized carbons (Fsp3) is 0.143. The van der Waals surface area contributed by atoms with Crippen LogP contribution in [0.15, 0.2) is 56.7 Å². The lowest BCUT2D eigenvalue weighted by atomic mass is 10.3. The Morgan fingerprint density at radius 2 is 1.71 bits per heavy atom. The molecule has 0 aromatic heterocycles. The number of rotatable bonds is 6. The van der Waals surface area contributed by atoms with Gasteiger partial charge in [-0.25, -0.2) is 22.0 Å². The predicted molar refractivity (Wildman–Crippen MR) is 93.9 cm³/mol. The van der Waals surface area contributed by atoms with Crippen LogP contribution in [0.2, 0.25) is 0 Å². The fourth-order valence-corrected chi connectivity index (χ4v) is 4.15. The maximum Gasteiger partial charge on any atom is 0.265 e. The number of ether oxygens (including phenoxy) is 1. The van der Waals surface area contributed by atoms with E-state index >= 15 is 0 Å². The Hall–Kier alpha value is -1.62. The van der Waals surface area contributed by atoms with Gasteiger partial charge in [-0.2, -0.15) is 0 Å². The van der Waals surface area contributed by atoms with Crippen LogP contribution in [0.1, 0.15) is 6.92 Å². The second-order valence-corrected chi connectivity index (χ2v) is 8.83. The van der Waals surface area contributed by atoms with Crippen LogP contribution in [-0.2, 0) is 20.0 Å². The van der Waals surface area contributed by atoms with Gasteiger partial charge in [0, 0.05) is 10.2 Å². The number of anilines is 1. The number of hydrogen-bond acceptors (Lipinski definition) is 5. The molecule has 24 heavy (non-hydrogen) atoms. The minimum atomic E-state index is -3.92. The molecule has 3 N–H and O–H groups in total. The van der Waals surface area contributed by atoms with Gasteiger partial charge in [-0.05, 0) is 49.4 Å². The Morgan fingerprint density at radius 3 is 2.25 bits per heavy atom. The number of benzene rings is 2. The first-order valence-corrected chi connectivity index (χ1v) is 10.5. The molecular formula is C14H15BrN2O5S2. The summed E-state index contributed by atoms with van der Waals surface area (Å²) in [5.41, 5.74) is 0.199. The Kier molecular flexibility index (Phi) is 5.53. The van der Waals surface area contributed by atoms with E-state index in [-0.39, 0.29) is 21.2 Å². The highest BCUT2D eigenvalue weighted by Crippen LogP contribution is 2.29. The predicted octanol–water partition coefficient (Wildman–Crippen LogP) is 2.30. The van der Waals surface area contributed by atoms with Crippen molar-refractivity contribution in [2.45, 2.75) is 16.7 Å². The van der Waals surface area contributed by atoms with Gasteiger partial charge in [0.1, 0.15) is 10.6 Å². The minimum Gasteiger partial charge on any atom is -0.492 e. The fourth-order valence-electron chi connectivity index (χ4n) is 1.89. The van der Waals surface area contributed by atoms with Crippen molar-refractivity contribution >= 4 is 41.7 Å². The molecule has 0 aliphatic heterocycles. The van der Waals surface area contributed by atoms with E-state index in [1.165, 1.54) is 30.3 Å². The summed E-state index contributed by atoms with van der Waals surface area (Å²) in [5.74, 6) is 0.217. The molecule has 0 spiro atoms. The van der Waals surface area contributed by atoms with Gasteiger partial charge in [0.2, 0.25) is 10.0 Å². The van der Waals surface area contributed by atoms with Crippen LogP contribution in [0.3, 0.4) is 0 Å². The molecular weight excluding hydrogens is 420 g/mol. The third kappa shape index (κ3) is 4.47. The van der Waals surface area contributed by atoms with Gasteiger partial charge in [-0.3, -0.25) is 4.72 Å². The van der Waals surface area contributed by atoms with Crippen molar-refractivity contribution in [2.75, 3.05) is 11.3 Å². The number of primary sulfonamides is 1. The molecule has 130 valence electrons. The van der Waals surface area contributed by atoms with Gasteiger partial charge in [0.25, 0.3) is 10.0 Å². The smallest absolute Gasteiger partial charge is 0.265 e. The van der Waals surface area contributed by atoms with Crippen LogP contribution < -0.4 is 14.6 Å². The van der Waals surface area contributed by atoms with Crippen molar-refractivity contribution in [3.8, 4) is 5.75 Å². The summed E-state index contributed by atoms with van der Waals surface area (Å²) in [5, 5.41) is 5.01. The van der Waals surface area contributed by atoms with E-state index in [2.05, 4.69) is 20.7 Å². The summed E-state index contributed by atoms with van der Waals surface area (Å²) in [7, 11) is -7.76. The molecule has 0 saturated carbocycles. The Labute approximate surface area is 149 Å². The van der Waals surface area contributed by atoms with Crippen LogP contribution in [0.5, 0.6) is 5.75 Å². The van der Waals surface area contributed by atoms with E-state index in [1.807, 2.05) is 0 Å². The minimum absolute atomic E-state index is 0.0331. The summed E-state index contributed by atoms with van der Waals surface area (Å²) in [6.07, 6.45) is 0. The number of hydrogen-bond donors (Lipinski definition) is 2. The van der Waals surface area contributed by atoms with E-state index in [0.29, 0.717) is 11.1 Å². The highest BCUT2D eigenvalue weighted by Gasteiger charge is 2.20. The monoisotopic (exact) mass is 434 g/mol. The molecule has 0 amide bonds. The van der Waals surface area contributed by atoms with Crippen molar-refractivity contribution < 1.29 is 21.6 Å². The second kappa shape index (κ2) is 7.09. The molecule has 2 aromatic rings. The Morgan fingerprint density at radius 1 is 1.08 bits per heavy atom. The molecule has 2 rings (SSSR count). The molecule has 0 radical (unpaired) electrons. The molecule has 2 aromatic carbocycles. The van der Waals surface area contributed by atoms with E-state index in [1.54, 1.807) is 19.1 Å². The lowest BCUT2D eigenvalue weighted by Gasteiger charge is -2.13. The summed E-state index contributed by atoms with van der Waals surface area (Å²) < 4.78 is 55.9. The average Bonchev–Trinajstić information content (AvgIpc) is 2.48. The van der Waals surface area contributed by atoms with E-state index in [9.17, 15) is 16.8 Å². The summed E-state index contributed by atoms with van der Waals surface area (Å²) >= 11 is 3.23. The van der Waals surface area contributed by atoms with Crippen LogP contribution in [0.25, 0.3) is 0 Å². The molecule has 0 saturated heterocycles. The summed E-state index contributed by atoms with van der Waals surface area (Å²) in [6.45, 7) is 2.06. The molecule has 0 atom stereocenters. The van der Waals surface area contributed by atoms with Gasteiger partial charge < -0.3 is 4.74 Å². The highest BCUT2D eigenvalue weighted by molar-refractivity contribution is 9.10. The molecule has 0 fully saturated rings. The van der Waals surface area contributed by atoms with E-state index in [0.717, 1.165) is 0 Å². The topological polar surface area (TPSA) is 116 Å². The second-order valence-electron chi connectivity index (χ2n) is 4.70. The molecule has 10 heteroatoms. The maximum absolute atomic E-state index is 12.6.